The Morgan fingerprint density at radius 3 is 1.35 bits per heavy atom. The number of hydrogen-bond acceptors (Lipinski definition) is 4. The second-order valence-electron chi connectivity index (χ2n) is 3.64. The number of hydrogen-bond donors (Lipinski definition) is 2. The molecule has 0 unspecified atom stereocenters. The van der Waals surface area contributed by atoms with Crippen LogP contribution >= 0.6 is 23.2 Å². The molecule has 0 aliphatic rings. The van der Waals surface area contributed by atoms with Gasteiger partial charge in [0, 0.05) is 10.0 Å². The Bertz CT molecular complexity index is 571. The lowest BCUT2D eigenvalue weighted by atomic mass is 10.2. The van der Waals surface area contributed by atoms with Crippen molar-refractivity contribution < 1.29 is 19.8 Å². The van der Waals surface area contributed by atoms with Crippen molar-refractivity contribution in [1.82, 2.24) is 0 Å². The largest absolute Gasteiger partial charge is 0.507 e. The highest BCUT2D eigenvalue weighted by atomic mass is 35.5. The number of aldehydes is 2. The second-order valence-corrected chi connectivity index (χ2v) is 4.51. The lowest BCUT2D eigenvalue weighted by Crippen LogP contribution is -1.79. The van der Waals surface area contributed by atoms with Gasteiger partial charge in [0.25, 0.3) is 0 Å². The van der Waals surface area contributed by atoms with Gasteiger partial charge in [-0.05, 0) is 36.4 Å². The molecule has 0 heterocycles. The van der Waals surface area contributed by atoms with E-state index in [4.69, 9.17) is 33.4 Å². The van der Waals surface area contributed by atoms with Crippen LogP contribution in [0.25, 0.3) is 0 Å². The van der Waals surface area contributed by atoms with Crippen molar-refractivity contribution in [3.8, 4) is 11.5 Å². The Hall–Kier alpha value is -2.04. The van der Waals surface area contributed by atoms with E-state index in [-0.39, 0.29) is 22.6 Å². The van der Waals surface area contributed by atoms with Gasteiger partial charge < -0.3 is 10.2 Å². The topological polar surface area (TPSA) is 74.6 Å². The van der Waals surface area contributed by atoms with Gasteiger partial charge in [-0.2, -0.15) is 0 Å². The highest BCUT2D eigenvalue weighted by Gasteiger charge is 1.98. The Morgan fingerprint density at radius 1 is 0.750 bits per heavy atom. The summed E-state index contributed by atoms with van der Waals surface area (Å²) in [5, 5.41) is 18.8. The van der Waals surface area contributed by atoms with E-state index in [2.05, 4.69) is 0 Å². The SMILES string of the molecule is O=Cc1cc(Cl)ccc1O.O=Cc1cc(Cl)ccc1O. The number of halogens is 2. The minimum absolute atomic E-state index is 0.0422. The van der Waals surface area contributed by atoms with Crippen molar-refractivity contribution >= 4 is 35.8 Å². The van der Waals surface area contributed by atoms with Crippen molar-refractivity contribution in [2.45, 2.75) is 0 Å². The van der Waals surface area contributed by atoms with E-state index in [1.165, 1.54) is 36.4 Å². The first-order valence-corrected chi connectivity index (χ1v) is 6.11. The molecule has 0 saturated heterocycles. The molecule has 0 saturated carbocycles. The molecular formula is C14H10Cl2O4. The average Bonchev–Trinajstić information content (AvgIpc) is 2.44. The molecule has 0 amide bonds. The summed E-state index contributed by atoms with van der Waals surface area (Å²) in [4.78, 5) is 20.3. The summed E-state index contributed by atoms with van der Waals surface area (Å²) < 4.78 is 0. The molecule has 4 nitrogen and oxygen atoms in total. The molecule has 0 radical (unpaired) electrons. The maximum absolute atomic E-state index is 10.2. The molecule has 2 rings (SSSR count). The van der Waals surface area contributed by atoms with Gasteiger partial charge in [-0.1, -0.05) is 23.2 Å². The predicted molar refractivity (Wildman–Crippen MR) is 77.0 cm³/mol. The van der Waals surface area contributed by atoms with Gasteiger partial charge in [0.05, 0.1) is 11.1 Å². The smallest absolute Gasteiger partial charge is 0.153 e. The molecule has 2 aromatic carbocycles. The molecule has 0 bridgehead atoms. The first-order chi connectivity index (χ1) is 9.47. The fourth-order valence-corrected chi connectivity index (χ4v) is 1.60. The van der Waals surface area contributed by atoms with E-state index < -0.39 is 0 Å². The number of carbonyl (C=O) groups is 2. The summed E-state index contributed by atoms with van der Waals surface area (Å²) in [6, 6.07) is 8.61. The van der Waals surface area contributed by atoms with Crippen LogP contribution in [0.1, 0.15) is 20.7 Å². The predicted octanol–water partition coefficient (Wildman–Crippen LogP) is 3.72. The van der Waals surface area contributed by atoms with Crippen LogP contribution in [0.5, 0.6) is 11.5 Å². The van der Waals surface area contributed by atoms with E-state index >= 15 is 0 Å². The molecule has 104 valence electrons. The summed E-state index contributed by atoms with van der Waals surface area (Å²) in [6.45, 7) is 0. The molecule has 2 N–H and O–H groups in total. The molecule has 0 aliphatic carbocycles. The molecule has 0 fully saturated rings. The summed E-state index contributed by atoms with van der Waals surface area (Å²) in [5.74, 6) is -0.0844. The average molecular weight is 313 g/mol. The molecule has 0 spiro atoms. The highest BCUT2D eigenvalue weighted by Crippen LogP contribution is 2.19. The fourth-order valence-electron chi connectivity index (χ4n) is 1.24. The quantitative estimate of drug-likeness (QED) is 0.829. The van der Waals surface area contributed by atoms with Gasteiger partial charge in [0.2, 0.25) is 0 Å². The summed E-state index contributed by atoms with van der Waals surface area (Å²) in [7, 11) is 0. The third kappa shape index (κ3) is 4.57. The van der Waals surface area contributed by atoms with Gasteiger partial charge in [-0.15, -0.1) is 0 Å². The molecular weight excluding hydrogens is 303 g/mol. The van der Waals surface area contributed by atoms with E-state index in [1.807, 2.05) is 0 Å². The van der Waals surface area contributed by atoms with Gasteiger partial charge >= 0.3 is 0 Å². The third-order valence-corrected chi connectivity index (χ3v) is 2.70. The third-order valence-electron chi connectivity index (χ3n) is 2.23. The zero-order valence-corrected chi connectivity index (χ0v) is 11.6. The van der Waals surface area contributed by atoms with Crippen molar-refractivity contribution in [1.29, 1.82) is 0 Å². The van der Waals surface area contributed by atoms with Crippen LogP contribution in [0.4, 0.5) is 0 Å². The van der Waals surface area contributed by atoms with Gasteiger partial charge in [0.1, 0.15) is 11.5 Å². The normalized spacial score (nSPS) is 9.30. The summed E-state index contributed by atoms with van der Waals surface area (Å²) >= 11 is 11.1. The molecule has 0 atom stereocenters. The van der Waals surface area contributed by atoms with Crippen LogP contribution in [0.15, 0.2) is 36.4 Å². The maximum atomic E-state index is 10.2. The first-order valence-electron chi connectivity index (χ1n) is 5.35. The van der Waals surface area contributed by atoms with Crippen LogP contribution in [-0.4, -0.2) is 22.8 Å². The first kappa shape index (κ1) is 16.0. The highest BCUT2D eigenvalue weighted by molar-refractivity contribution is 6.31. The zero-order chi connectivity index (χ0) is 15.1. The lowest BCUT2D eigenvalue weighted by Gasteiger charge is -1.94. The minimum Gasteiger partial charge on any atom is -0.507 e. The number of benzene rings is 2. The summed E-state index contributed by atoms with van der Waals surface area (Å²) in [6.07, 6.45) is 1.11. The van der Waals surface area contributed by atoms with Crippen molar-refractivity contribution in [3.63, 3.8) is 0 Å². The molecule has 0 aromatic heterocycles. The van der Waals surface area contributed by atoms with E-state index in [0.717, 1.165) is 0 Å². The molecule has 20 heavy (non-hydrogen) atoms. The summed E-state index contributed by atoms with van der Waals surface area (Å²) in [5.41, 5.74) is 0.431. The van der Waals surface area contributed by atoms with Crippen LogP contribution in [0.2, 0.25) is 10.0 Å². The van der Waals surface area contributed by atoms with Gasteiger partial charge in [0.15, 0.2) is 12.6 Å². The minimum atomic E-state index is -0.0422. The van der Waals surface area contributed by atoms with Crippen LogP contribution in [0.3, 0.4) is 0 Å². The Labute approximate surface area is 125 Å². The molecule has 6 heteroatoms. The fraction of sp³-hybridized carbons (Fsp3) is 0. The Balaban J connectivity index is 0.000000200. The van der Waals surface area contributed by atoms with E-state index in [1.54, 1.807) is 0 Å². The van der Waals surface area contributed by atoms with Crippen LogP contribution in [-0.2, 0) is 0 Å². The molecule has 0 aliphatic heterocycles. The number of aromatic hydroxyl groups is 2. The van der Waals surface area contributed by atoms with Crippen molar-refractivity contribution in [3.05, 3.63) is 57.6 Å². The number of rotatable bonds is 2. The van der Waals surface area contributed by atoms with Crippen LogP contribution in [0, 0.1) is 0 Å². The zero-order valence-electron chi connectivity index (χ0n) is 10.1. The number of phenolic OH excluding ortho intramolecular Hbond substituents is 2. The Kier molecular flexibility index (Phi) is 6.03. The number of phenols is 2. The Morgan fingerprint density at radius 2 is 1.10 bits per heavy atom. The molecule has 2 aromatic rings. The van der Waals surface area contributed by atoms with Gasteiger partial charge in [-0.3, -0.25) is 9.59 Å². The van der Waals surface area contributed by atoms with Crippen LogP contribution < -0.4 is 0 Å². The monoisotopic (exact) mass is 312 g/mol. The van der Waals surface area contributed by atoms with Gasteiger partial charge in [-0.25, -0.2) is 0 Å². The van der Waals surface area contributed by atoms with Crippen molar-refractivity contribution in [2.75, 3.05) is 0 Å². The van der Waals surface area contributed by atoms with E-state index in [0.29, 0.717) is 22.6 Å². The van der Waals surface area contributed by atoms with Crippen molar-refractivity contribution in [2.24, 2.45) is 0 Å². The lowest BCUT2D eigenvalue weighted by molar-refractivity contribution is 0.111. The second kappa shape index (κ2) is 7.53. The van der Waals surface area contributed by atoms with E-state index in [9.17, 15) is 9.59 Å². The number of carbonyl (C=O) groups excluding carboxylic acids is 2. The standard InChI is InChI=1S/2C7H5ClO2/c2*8-6-1-2-7(10)5(3-6)4-9/h2*1-4,10H. The maximum Gasteiger partial charge on any atom is 0.153 e.